The second-order valence-corrected chi connectivity index (χ2v) is 7.19. The second kappa shape index (κ2) is 7.72. The van der Waals surface area contributed by atoms with E-state index in [-0.39, 0.29) is 23.6 Å². The van der Waals surface area contributed by atoms with Crippen LogP contribution >= 0.6 is 0 Å². The van der Waals surface area contributed by atoms with E-state index in [1.165, 1.54) is 0 Å². The van der Waals surface area contributed by atoms with Gasteiger partial charge in [0.15, 0.2) is 0 Å². The van der Waals surface area contributed by atoms with Crippen LogP contribution in [0.3, 0.4) is 0 Å². The van der Waals surface area contributed by atoms with E-state index in [0.717, 1.165) is 22.4 Å². The van der Waals surface area contributed by atoms with Gasteiger partial charge in [-0.1, -0.05) is 50.2 Å². The summed E-state index contributed by atoms with van der Waals surface area (Å²) in [6, 6.07) is 22.4. The minimum absolute atomic E-state index is 0.144. The number of aromatic hydroxyl groups is 2. The predicted octanol–water partition coefficient (Wildman–Crippen LogP) is 4.38. The van der Waals surface area contributed by atoms with Gasteiger partial charge in [-0.05, 0) is 47.5 Å². The topological polar surface area (TPSA) is 63.9 Å². The van der Waals surface area contributed by atoms with Gasteiger partial charge in [0.1, 0.15) is 18.2 Å². The molecule has 0 radical (unpaired) electrons. The molecule has 0 saturated carbocycles. The monoisotopic (exact) mass is 363 g/mol. The van der Waals surface area contributed by atoms with Crippen LogP contribution in [0.1, 0.15) is 30.5 Å². The SMILES string of the molecule is CC(C)(c1ccc(O)cc1)c1ccc(O)c(CN(CO)c2ccccc2)c1. The molecule has 0 spiro atoms. The first-order valence-electron chi connectivity index (χ1n) is 8.94. The molecule has 4 heteroatoms. The van der Waals surface area contributed by atoms with Crippen molar-refractivity contribution in [3.05, 3.63) is 89.5 Å². The van der Waals surface area contributed by atoms with Crippen molar-refractivity contribution in [2.75, 3.05) is 11.6 Å². The van der Waals surface area contributed by atoms with Gasteiger partial charge in [-0.3, -0.25) is 0 Å². The number of benzene rings is 3. The van der Waals surface area contributed by atoms with Gasteiger partial charge >= 0.3 is 0 Å². The van der Waals surface area contributed by atoms with E-state index in [0.29, 0.717) is 6.54 Å². The highest BCUT2D eigenvalue weighted by Gasteiger charge is 2.24. The number of phenolic OH excluding ortho intramolecular Hbond substituents is 2. The number of phenols is 2. The van der Waals surface area contributed by atoms with Crippen molar-refractivity contribution in [1.29, 1.82) is 0 Å². The molecule has 3 aromatic rings. The Morgan fingerprint density at radius 2 is 1.44 bits per heavy atom. The summed E-state index contributed by atoms with van der Waals surface area (Å²) in [5, 5.41) is 29.7. The third-order valence-electron chi connectivity index (χ3n) is 5.04. The molecule has 0 fully saturated rings. The first-order chi connectivity index (χ1) is 12.9. The van der Waals surface area contributed by atoms with E-state index in [1.54, 1.807) is 23.1 Å². The van der Waals surface area contributed by atoms with Crippen LogP contribution in [0.5, 0.6) is 11.5 Å². The smallest absolute Gasteiger partial charge is 0.120 e. The van der Waals surface area contributed by atoms with E-state index in [9.17, 15) is 15.3 Å². The molecule has 0 aliphatic carbocycles. The summed E-state index contributed by atoms with van der Waals surface area (Å²) in [6.45, 7) is 4.47. The summed E-state index contributed by atoms with van der Waals surface area (Å²) >= 11 is 0. The largest absolute Gasteiger partial charge is 0.508 e. The molecule has 3 rings (SSSR count). The van der Waals surface area contributed by atoms with E-state index >= 15 is 0 Å². The van der Waals surface area contributed by atoms with Crippen molar-refractivity contribution in [1.82, 2.24) is 0 Å². The lowest BCUT2D eigenvalue weighted by molar-refractivity contribution is 0.289. The second-order valence-electron chi connectivity index (χ2n) is 7.19. The molecule has 0 amide bonds. The summed E-state index contributed by atoms with van der Waals surface area (Å²) in [7, 11) is 0. The van der Waals surface area contributed by atoms with Crippen molar-refractivity contribution in [2.24, 2.45) is 0 Å². The summed E-state index contributed by atoms with van der Waals surface area (Å²) in [5.74, 6) is 0.442. The molecule has 3 N–H and O–H groups in total. The minimum atomic E-state index is -0.299. The maximum Gasteiger partial charge on any atom is 0.120 e. The van der Waals surface area contributed by atoms with Gasteiger partial charge in [0, 0.05) is 23.2 Å². The zero-order valence-corrected chi connectivity index (χ0v) is 15.6. The molecule has 0 aliphatic rings. The lowest BCUT2D eigenvalue weighted by atomic mass is 9.77. The van der Waals surface area contributed by atoms with Crippen molar-refractivity contribution >= 4 is 5.69 Å². The molecule has 140 valence electrons. The van der Waals surface area contributed by atoms with Crippen LogP contribution in [0, 0.1) is 0 Å². The number of nitrogens with zero attached hydrogens (tertiary/aromatic N) is 1. The number of aliphatic hydroxyl groups is 1. The summed E-state index contributed by atoms with van der Waals surface area (Å²) in [4.78, 5) is 1.80. The Kier molecular flexibility index (Phi) is 5.38. The standard InChI is InChI=1S/C23H25NO3/c1-23(2,18-8-11-21(26)12-9-18)19-10-13-22(27)17(14-19)15-24(16-25)20-6-4-3-5-7-20/h3-14,25-27H,15-16H2,1-2H3. The zero-order chi connectivity index (χ0) is 19.4. The summed E-state index contributed by atoms with van der Waals surface area (Å²) in [6.07, 6.45) is 0. The third-order valence-corrected chi connectivity index (χ3v) is 5.04. The van der Waals surface area contributed by atoms with Crippen LogP contribution in [-0.4, -0.2) is 22.1 Å². The van der Waals surface area contributed by atoms with Gasteiger partial charge in [0.25, 0.3) is 0 Å². The van der Waals surface area contributed by atoms with E-state index in [2.05, 4.69) is 13.8 Å². The van der Waals surface area contributed by atoms with Crippen LogP contribution in [0.4, 0.5) is 5.69 Å². The fourth-order valence-corrected chi connectivity index (χ4v) is 3.21. The lowest BCUT2D eigenvalue weighted by Crippen LogP contribution is -2.24. The number of aliphatic hydroxyl groups excluding tert-OH is 1. The first kappa shape index (κ1) is 18.8. The highest BCUT2D eigenvalue weighted by molar-refractivity contribution is 5.50. The van der Waals surface area contributed by atoms with Gasteiger partial charge in [-0.2, -0.15) is 0 Å². The quantitative estimate of drug-likeness (QED) is 0.569. The van der Waals surface area contributed by atoms with Crippen LogP contribution in [-0.2, 0) is 12.0 Å². The predicted molar refractivity (Wildman–Crippen MR) is 108 cm³/mol. The van der Waals surface area contributed by atoms with Crippen molar-refractivity contribution < 1.29 is 15.3 Å². The highest BCUT2D eigenvalue weighted by atomic mass is 16.3. The Hall–Kier alpha value is -2.98. The van der Waals surface area contributed by atoms with Crippen molar-refractivity contribution in [3.8, 4) is 11.5 Å². The summed E-state index contributed by atoms with van der Waals surface area (Å²) in [5.41, 5.74) is 3.46. The normalized spacial score (nSPS) is 11.4. The number of para-hydroxylation sites is 1. The van der Waals surface area contributed by atoms with Gasteiger partial charge in [0.05, 0.1) is 0 Å². The minimum Gasteiger partial charge on any atom is -0.508 e. The molecule has 27 heavy (non-hydrogen) atoms. The number of hydrogen-bond donors (Lipinski definition) is 3. The van der Waals surface area contributed by atoms with Gasteiger partial charge in [0.2, 0.25) is 0 Å². The highest BCUT2D eigenvalue weighted by Crippen LogP contribution is 2.35. The number of rotatable bonds is 6. The maximum absolute atomic E-state index is 10.4. The first-order valence-corrected chi connectivity index (χ1v) is 8.94. The molecule has 0 atom stereocenters. The molecular formula is C23H25NO3. The third kappa shape index (κ3) is 4.07. The van der Waals surface area contributed by atoms with Crippen LogP contribution in [0.25, 0.3) is 0 Å². The lowest BCUT2D eigenvalue weighted by Gasteiger charge is -2.28. The van der Waals surface area contributed by atoms with Gasteiger partial charge < -0.3 is 20.2 Å². The molecule has 0 unspecified atom stereocenters. The fourth-order valence-electron chi connectivity index (χ4n) is 3.21. The molecule has 0 aromatic heterocycles. The zero-order valence-electron chi connectivity index (χ0n) is 15.6. The van der Waals surface area contributed by atoms with Gasteiger partial charge in [-0.25, -0.2) is 0 Å². The fraction of sp³-hybridized carbons (Fsp3) is 0.217. The Bertz CT molecular complexity index is 889. The Labute approximate surface area is 160 Å². The Morgan fingerprint density at radius 1 is 0.815 bits per heavy atom. The molecule has 4 nitrogen and oxygen atoms in total. The average molecular weight is 363 g/mol. The van der Waals surface area contributed by atoms with Crippen LogP contribution in [0.15, 0.2) is 72.8 Å². The Morgan fingerprint density at radius 3 is 2.07 bits per heavy atom. The molecule has 3 aromatic carbocycles. The van der Waals surface area contributed by atoms with Crippen LogP contribution < -0.4 is 4.90 Å². The summed E-state index contributed by atoms with van der Waals surface area (Å²) < 4.78 is 0. The molecule has 0 bridgehead atoms. The van der Waals surface area contributed by atoms with E-state index < -0.39 is 0 Å². The maximum atomic E-state index is 10.4. The van der Waals surface area contributed by atoms with Crippen molar-refractivity contribution in [2.45, 2.75) is 25.8 Å². The van der Waals surface area contributed by atoms with Crippen LogP contribution in [0.2, 0.25) is 0 Å². The van der Waals surface area contributed by atoms with E-state index in [1.807, 2.05) is 54.6 Å². The molecule has 0 aliphatic heterocycles. The number of hydrogen-bond acceptors (Lipinski definition) is 4. The van der Waals surface area contributed by atoms with Gasteiger partial charge in [-0.15, -0.1) is 0 Å². The average Bonchev–Trinajstić information content (AvgIpc) is 2.68. The number of anilines is 1. The molecule has 0 saturated heterocycles. The molecular weight excluding hydrogens is 338 g/mol. The van der Waals surface area contributed by atoms with Crippen molar-refractivity contribution in [3.63, 3.8) is 0 Å². The van der Waals surface area contributed by atoms with E-state index in [4.69, 9.17) is 0 Å². The molecule has 0 heterocycles. The Balaban J connectivity index is 1.93.